The van der Waals surface area contributed by atoms with E-state index in [4.69, 9.17) is 23.2 Å². The summed E-state index contributed by atoms with van der Waals surface area (Å²) in [4.78, 5) is -1.35. The van der Waals surface area contributed by atoms with Gasteiger partial charge in [0, 0.05) is 25.8 Å². The van der Waals surface area contributed by atoms with Gasteiger partial charge in [-0.2, -0.15) is 0 Å². The van der Waals surface area contributed by atoms with E-state index < -0.39 is 9.75 Å². The van der Waals surface area contributed by atoms with E-state index in [9.17, 15) is 0 Å². The molecule has 0 N–H and O–H groups in total. The van der Waals surface area contributed by atoms with E-state index in [1.165, 1.54) is 0 Å². The van der Waals surface area contributed by atoms with Gasteiger partial charge in [0.1, 0.15) is 19.3 Å². The van der Waals surface area contributed by atoms with Gasteiger partial charge < -0.3 is 0 Å². The fraction of sp³-hybridized carbons (Fsp3) is 0.0909. The third kappa shape index (κ3) is 2.82. The van der Waals surface area contributed by atoms with Crippen molar-refractivity contribution in [3.63, 3.8) is 0 Å². The van der Waals surface area contributed by atoms with Gasteiger partial charge >= 0.3 is 0 Å². The second-order valence-corrected chi connectivity index (χ2v) is 8.77. The van der Waals surface area contributed by atoms with Crippen molar-refractivity contribution in [2.45, 2.75) is 9.75 Å². The first kappa shape index (κ1) is 19.8. The third-order valence-electron chi connectivity index (χ3n) is 4.92. The van der Waals surface area contributed by atoms with E-state index in [0.29, 0.717) is 9.52 Å². The quantitative estimate of drug-likeness (QED) is 0.244. The zero-order chi connectivity index (χ0) is 17.7. The average molecular weight is 558 g/mol. The summed E-state index contributed by atoms with van der Waals surface area (Å²) in [5, 5.41) is 2.24. The normalized spacial score (nSPS) is 25.5. The maximum absolute atomic E-state index is 7.00. The monoisotopic (exact) mass is 558 g/mol. The van der Waals surface area contributed by atoms with Gasteiger partial charge in [-0.15, -0.1) is 36.4 Å². The molecule has 0 nitrogen and oxygen atoms in total. The molecule has 0 fully saturated rings. The summed E-state index contributed by atoms with van der Waals surface area (Å²) in [6, 6.07) is 16.4. The van der Waals surface area contributed by atoms with Crippen molar-refractivity contribution in [1.82, 2.24) is 0 Å². The van der Waals surface area contributed by atoms with Crippen LogP contribution in [0.4, 0.5) is 0 Å². The minimum Gasteiger partial charge on any atom is -0.105 e. The predicted octanol–water partition coefficient (Wildman–Crippen LogP) is 6.04. The molecule has 2 aliphatic carbocycles. The van der Waals surface area contributed by atoms with E-state index in [2.05, 4.69) is 49.6 Å². The summed E-state index contributed by atoms with van der Waals surface area (Å²) in [6.45, 7) is 7.99. The van der Waals surface area contributed by atoms with Crippen LogP contribution in [0.1, 0.15) is 22.3 Å². The molecule has 2 aromatic carbocycles. The van der Waals surface area contributed by atoms with E-state index in [0.717, 1.165) is 32.6 Å². The molecule has 0 saturated carbocycles. The number of halogens is 2. The first-order chi connectivity index (χ1) is 12.0. The van der Waals surface area contributed by atoms with Crippen molar-refractivity contribution < 1.29 is 25.8 Å². The summed E-state index contributed by atoms with van der Waals surface area (Å²) in [5.74, 6) is 0. The van der Waals surface area contributed by atoms with E-state index >= 15 is 0 Å². The molecule has 0 saturated heterocycles. The second-order valence-electron chi connectivity index (χ2n) is 6.25. The molecule has 0 bridgehead atoms. The molecule has 2 aromatic rings. The van der Waals surface area contributed by atoms with Crippen molar-refractivity contribution in [1.29, 1.82) is 0 Å². The minimum atomic E-state index is -0.677. The molecule has 2 aliphatic rings. The van der Waals surface area contributed by atoms with Gasteiger partial charge in [-0.05, 0) is 22.3 Å². The molecule has 0 aliphatic heterocycles. The summed E-state index contributed by atoms with van der Waals surface area (Å²) in [7, 11) is 0.364. The number of alkyl halides is 2. The molecule has 126 valence electrons. The van der Waals surface area contributed by atoms with E-state index in [-0.39, 0.29) is 25.8 Å². The molecular formula is C22H16Cl2HfSi. The number of fused-ring (bicyclic) bond motifs is 2. The Hall–Kier alpha value is -0.933. The maximum atomic E-state index is 7.00. The summed E-state index contributed by atoms with van der Waals surface area (Å²) >= 11 is 14.0. The fourth-order valence-electron chi connectivity index (χ4n) is 3.56. The molecule has 2 unspecified atom stereocenters. The molecule has 2 radical (unpaired) electrons. The minimum absolute atomic E-state index is 0. The van der Waals surface area contributed by atoms with Gasteiger partial charge in [0.15, 0.2) is 0 Å². The molecule has 0 heterocycles. The second kappa shape index (κ2) is 7.24. The SMILES string of the molecule is C=CC1(Cl)C([Si]C2=Cc3ccccc3C2(Cl)C=C)=Cc2ccccc21.[Hf]. The zero-order valence-corrected chi connectivity index (χ0v) is 20.2. The molecule has 0 amide bonds. The van der Waals surface area contributed by atoms with Crippen molar-refractivity contribution in [3.8, 4) is 0 Å². The Morgan fingerprint density at radius 3 is 1.50 bits per heavy atom. The van der Waals surface area contributed by atoms with Crippen LogP contribution in [0, 0.1) is 0 Å². The van der Waals surface area contributed by atoms with Gasteiger partial charge in [-0.25, -0.2) is 0 Å². The zero-order valence-electron chi connectivity index (χ0n) is 14.1. The largest absolute Gasteiger partial charge is 0.116 e. The van der Waals surface area contributed by atoms with Crippen molar-refractivity contribution >= 4 is 44.9 Å². The first-order valence-corrected chi connectivity index (χ1v) is 9.84. The molecular weight excluding hydrogens is 542 g/mol. The Kier molecular flexibility index (Phi) is 5.52. The van der Waals surface area contributed by atoms with Crippen LogP contribution in [0.25, 0.3) is 12.2 Å². The molecule has 0 aromatic heterocycles. The molecule has 4 heteroatoms. The average Bonchev–Trinajstić information content (AvgIpc) is 3.09. The molecule has 2 atom stereocenters. The van der Waals surface area contributed by atoms with Crippen LogP contribution >= 0.6 is 23.2 Å². The van der Waals surface area contributed by atoms with Gasteiger partial charge in [0.2, 0.25) is 0 Å². The summed E-state index contributed by atoms with van der Waals surface area (Å²) in [5.41, 5.74) is 4.47. The van der Waals surface area contributed by atoms with Crippen LogP contribution < -0.4 is 0 Å². The van der Waals surface area contributed by atoms with Gasteiger partial charge in [0.25, 0.3) is 0 Å². The van der Waals surface area contributed by atoms with Gasteiger partial charge in [-0.1, -0.05) is 83.2 Å². The van der Waals surface area contributed by atoms with Gasteiger partial charge in [-0.3, -0.25) is 0 Å². The predicted molar refractivity (Wildman–Crippen MR) is 110 cm³/mol. The Morgan fingerprint density at radius 1 is 0.731 bits per heavy atom. The number of rotatable bonds is 4. The smallest absolute Gasteiger partial charge is 0.105 e. The Bertz CT molecular complexity index is 885. The molecule has 4 rings (SSSR count). The molecule has 0 spiro atoms. The van der Waals surface area contributed by atoms with Gasteiger partial charge in [0.05, 0.1) is 0 Å². The Labute approximate surface area is 185 Å². The number of hydrogen-bond acceptors (Lipinski definition) is 0. The van der Waals surface area contributed by atoms with Crippen LogP contribution in [-0.2, 0) is 35.6 Å². The van der Waals surface area contributed by atoms with E-state index in [1.54, 1.807) is 0 Å². The van der Waals surface area contributed by atoms with Crippen LogP contribution in [0.5, 0.6) is 0 Å². The van der Waals surface area contributed by atoms with E-state index in [1.807, 2.05) is 36.4 Å². The fourth-order valence-corrected chi connectivity index (χ4v) is 5.88. The summed E-state index contributed by atoms with van der Waals surface area (Å²) in [6.07, 6.45) is 8.00. The number of benzene rings is 2. The third-order valence-corrected chi connectivity index (χ3v) is 7.98. The topological polar surface area (TPSA) is 0 Å². The van der Waals surface area contributed by atoms with Crippen LogP contribution in [0.15, 0.2) is 84.2 Å². The van der Waals surface area contributed by atoms with Crippen LogP contribution in [0.2, 0.25) is 0 Å². The standard InChI is InChI=1S/C22H16Cl2Si.Hf/c1-3-21(23)17-11-7-5-9-15(17)13-19(21)25-20-14-16-10-6-8-12-18(16)22(20,24)4-2;/h3-14H,1-2H2;. The number of hydrogen-bond donors (Lipinski definition) is 0. The number of allylic oxidation sites excluding steroid dienone is 4. The van der Waals surface area contributed by atoms with Crippen molar-refractivity contribution in [3.05, 3.63) is 106 Å². The first-order valence-electron chi connectivity index (χ1n) is 8.08. The van der Waals surface area contributed by atoms with Crippen LogP contribution in [-0.4, -0.2) is 9.52 Å². The Morgan fingerprint density at radius 2 is 1.12 bits per heavy atom. The summed E-state index contributed by atoms with van der Waals surface area (Å²) < 4.78 is 0. The Balaban J connectivity index is 0.00000196. The van der Waals surface area contributed by atoms with Crippen LogP contribution in [0.3, 0.4) is 0 Å². The molecule has 26 heavy (non-hydrogen) atoms. The van der Waals surface area contributed by atoms with Crippen molar-refractivity contribution in [2.75, 3.05) is 0 Å². The van der Waals surface area contributed by atoms with Crippen molar-refractivity contribution in [2.24, 2.45) is 0 Å². The maximum Gasteiger partial charge on any atom is 0.116 e.